The van der Waals surface area contributed by atoms with Gasteiger partial charge in [-0.15, -0.1) is 0 Å². The molecule has 0 saturated carbocycles. The van der Waals surface area contributed by atoms with Gasteiger partial charge in [-0.2, -0.15) is 0 Å². The first-order chi connectivity index (χ1) is 6.66. The fraction of sp³-hybridized carbons (Fsp3) is 0.455. The van der Waals surface area contributed by atoms with Gasteiger partial charge in [-0.1, -0.05) is 31.9 Å². The van der Waals surface area contributed by atoms with Crippen LogP contribution in [-0.4, -0.2) is 12.6 Å². The van der Waals surface area contributed by atoms with Crippen LogP contribution >= 0.6 is 31.9 Å². The smallest absolute Gasteiger partial charge is 0.0391 e. The van der Waals surface area contributed by atoms with Gasteiger partial charge in [-0.25, -0.2) is 0 Å². The first-order valence-corrected chi connectivity index (χ1v) is 6.48. The molecule has 2 rings (SSSR count). The molecule has 1 heterocycles. The summed E-state index contributed by atoms with van der Waals surface area (Å²) in [4.78, 5) is 2.47. The van der Waals surface area contributed by atoms with E-state index in [0.717, 1.165) is 8.95 Å². The third kappa shape index (κ3) is 2.14. The lowest BCUT2D eigenvalue weighted by atomic mass is 10.2. The second-order valence-electron chi connectivity index (χ2n) is 3.81. The lowest BCUT2D eigenvalue weighted by Gasteiger charge is -2.24. The molecular formula is C11H13Br2N. The van der Waals surface area contributed by atoms with E-state index in [9.17, 15) is 0 Å². The minimum atomic E-state index is 0.677. The molecule has 3 heteroatoms. The van der Waals surface area contributed by atoms with Crippen LogP contribution in [0.4, 0.5) is 5.69 Å². The summed E-state index contributed by atoms with van der Waals surface area (Å²) in [5, 5.41) is 0. The Labute approximate surface area is 102 Å². The van der Waals surface area contributed by atoms with Gasteiger partial charge in [-0.3, -0.25) is 0 Å². The van der Waals surface area contributed by atoms with Crippen molar-refractivity contribution in [2.75, 3.05) is 11.4 Å². The zero-order chi connectivity index (χ0) is 10.1. The summed E-state index contributed by atoms with van der Waals surface area (Å²) in [6.45, 7) is 3.48. The Bertz CT molecular complexity index is 318. The molecule has 1 aromatic rings. The zero-order valence-corrected chi connectivity index (χ0v) is 11.3. The lowest BCUT2D eigenvalue weighted by Crippen LogP contribution is -2.26. The summed E-state index contributed by atoms with van der Waals surface area (Å²) in [6, 6.07) is 7.12. The average molecular weight is 319 g/mol. The predicted molar refractivity (Wildman–Crippen MR) is 67.9 cm³/mol. The van der Waals surface area contributed by atoms with Crippen molar-refractivity contribution >= 4 is 37.5 Å². The molecule has 1 nitrogen and oxygen atoms in total. The van der Waals surface area contributed by atoms with E-state index in [-0.39, 0.29) is 0 Å². The van der Waals surface area contributed by atoms with Gasteiger partial charge in [-0.05, 0) is 38.0 Å². The Kier molecular flexibility index (Phi) is 3.17. The Morgan fingerprint density at radius 3 is 2.36 bits per heavy atom. The molecule has 0 bridgehead atoms. The highest BCUT2D eigenvalue weighted by Gasteiger charge is 2.20. The first kappa shape index (κ1) is 10.5. The fourth-order valence-electron chi connectivity index (χ4n) is 2.02. The molecule has 1 aromatic carbocycles. The third-order valence-electron chi connectivity index (χ3n) is 2.73. The highest BCUT2D eigenvalue weighted by Crippen LogP contribution is 2.30. The summed E-state index contributed by atoms with van der Waals surface area (Å²) >= 11 is 7.05. The van der Waals surface area contributed by atoms with Crippen LogP contribution < -0.4 is 4.90 Å². The van der Waals surface area contributed by atoms with Gasteiger partial charge in [0, 0.05) is 27.2 Å². The second kappa shape index (κ2) is 4.23. The van der Waals surface area contributed by atoms with Crippen LogP contribution in [0.1, 0.15) is 19.8 Å². The summed E-state index contributed by atoms with van der Waals surface area (Å²) in [7, 11) is 0. The zero-order valence-electron chi connectivity index (χ0n) is 8.13. The van der Waals surface area contributed by atoms with Crippen molar-refractivity contribution in [1.82, 2.24) is 0 Å². The highest BCUT2D eigenvalue weighted by molar-refractivity contribution is 9.11. The molecule has 0 aliphatic carbocycles. The van der Waals surface area contributed by atoms with E-state index in [1.807, 2.05) is 0 Å². The lowest BCUT2D eigenvalue weighted by molar-refractivity contribution is 0.735. The van der Waals surface area contributed by atoms with Gasteiger partial charge in [0.25, 0.3) is 0 Å². The van der Waals surface area contributed by atoms with E-state index in [1.54, 1.807) is 0 Å². The molecule has 1 aliphatic heterocycles. The van der Waals surface area contributed by atoms with Gasteiger partial charge in [0.1, 0.15) is 0 Å². The molecule has 0 aromatic heterocycles. The van der Waals surface area contributed by atoms with Crippen LogP contribution in [0, 0.1) is 0 Å². The Hall–Kier alpha value is -0.0200. The number of nitrogens with zero attached hydrogens (tertiary/aromatic N) is 1. The molecule has 1 fully saturated rings. The number of rotatable bonds is 1. The second-order valence-corrected chi connectivity index (χ2v) is 5.64. The minimum Gasteiger partial charge on any atom is -0.369 e. The Morgan fingerprint density at radius 1 is 1.21 bits per heavy atom. The maximum atomic E-state index is 3.52. The summed E-state index contributed by atoms with van der Waals surface area (Å²) < 4.78 is 2.28. The van der Waals surface area contributed by atoms with Crippen LogP contribution in [0.3, 0.4) is 0 Å². The van der Waals surface area contributed by atoms with E-state index in [0.29, 0.717) is 6.04 Å². The molecule has 1 saturated heterocycles. The van der Waals surface area contributed by atoms with E-state index in [2.05, 4.69) is 61.9 Å². The van der Waals surface area contributed by atoms with E-state index in [4.69, 9.17) is 0 Å². The largest absolute Gasteiger partial charge is 0.369 e. The first-order valence-electron chi connectivity index (χ1n) is 4.89. The van der Waals surface area contributed by atoms with Gasteiger partial charge in [0.2, 0.25) is 0 Å². The van der Waals surface area contributed by atoms with Gasteiger partial charge in [0.05, 0.1) is 0 Å². The standard InChI is InChI=1S/C11H13Br2N/c1-8-3-2-4-14(8)11-6-9(12)5-10(13)7-11/h5-8H,2-4H2,1H3/t8-/m1/s1. The molecule has 0 N–H and O–H groups in total. The molecule has 14 heavy (non-hydrogen) atoms. The Balaban J connectivity index is 2.31. The highest BCUT2D eigenvalue weighted by atomic mass is 79.9. The fourth-order valence-corrected chi connectivity index (χ4v) is 3.29. The topological polar surface area (TPSA) is 3.24 Å². The molecule has 1 aliphatic rings. The van der Waals surface area contributed by atoms with Crippen LogP contribution in [0.15, 0.2) is 27.1 Å². The normalized spacial score (nSPS) is 21.6. The Morgan fingerprint density at radius 2 is 1.86 bits per heavy atom. The van der Waals surface area contributed by atoms with Crippen LogP contribution in [0.25, 0.3) is 0 Å². The molecule has 0 amide bonds. The molecule has 76 valence electrons. The number of hydrogen-bond donors (Lipinski definition) is 0. The predicted octanol–water partition coefficient (Wildman–Crippen LogP) is 4.20. The maximum absolute atomic E-state index is 3.52. The summed E-state index contributed by atoms with van der Waals surface area (Å²) in [6.07, 6.45) is 2.62. The number of halogens is 2. The van der Waals surface area contributed by atoms with E-state index in [1.165, 1.54) is 25.1 Å². The van der Waals surface area contributed by atoms with Gasteiger partial charge in [0.15, 0.2) is 0 Å². The molecular weight excluding hydrogens is 306 g/mol. The molecule has 0 radical (unpaired) electrons. The molecule has 0 spiro atoms. The van der Waals surface area contributed by atoms with Crippen molar-refractivity contribution in [3.8, 4) is 0 Å². The molecule has 1 atom stereocenters. The van der Waals surface area contributed by atoms with Crippen molar-refractivity contribution in [1.29, 1.82) is 0 Å². The van der Waals surface area contributed by atoms with Crippen LogP contribution in [0.5, 0.6) is 0 Å². The van der Waals surface area contributed by atoms with Crippen molar-refractivity contribution in [2.45, 2.75) is 25.8 Å². The summed E-state index contributed by atoms with van der Waals surface area (Å²) in [5.41, 5.74) is 1.32. The van der Waals surface area contributed by atoms with Crippen molar-refractivity contribution < 1.29 is 0 Å². The van der Waals surface area contributed by atoms with Crippen molar-refractivity contribution in [3.63, 3.8) is 0 Å². The number of hydrogen-bond acceptors (Lipinski definition) is 1. The SMILES string of the molecule is C[C@@H]1CCCN1c1cc(Br)cc(Br)c1. The summed E-state index contributed by atoms with van der Waals surface area (Å²) in [5.74, 6) is 0. The van der Waals surface area contributed by atoms with Gasteiger partial charge >= 0.3 is 0 Å². The van der Waals surface area contributed by atoms with Gasteiger partial charge < -0.3 is 4.90 Å². The maximum Gasteiger partial charge on any atom is 0.0391 e. The van der Waals surface area contributed by atoms with Crippen molar-refractivity contribution in [3.05, 3.63) is 27.1 Å². The van der Waals surface area contributed by atoms with E-state index < -0.39 is 0 Å². The monoisotopic (exact) mass is 317 g/mol. The van der Waals surface area contributed by atoms with Crippen LogP contribution in [-0.2, 0) is 0 Å². The average Bonchev–Trinajstić information content (AvgIpc) is 2.49. The minimum absolute atomic E-state index is 0.677. The quantitative estimate of drug-likeness (QED) is 0.750. The van der Waals surface area contributed by atoms with E-state index >= 15 is 0 Å². The van der Waals surface area contributed by atoms with Crippen molar-refractivity contribution in [2.24, 2.45) is 0 Å². The number of benzene rings is 1. The molecule has 0 unspecified atom stereocenters. The van der Waals surface area contributed by atoms with Crippen LogP contribution in [0.2, 0.25) is 0 Å². The number of anilines is 1. The third-order valence-corrected chi connectivity index (χ3v) is 3.65.